The molecule has 0 heterocycles. The minimum Gasteiger partial charge on any atom is -0.396 e. The number of rotatable bonds is 5. The van der Waals surface area contributed by atoms with Crippen LogP contribution in [0.4, 0.5) is 10.1 Å². The Bertz CT molecular complexity index is 407. The lowest BCUT2D eigenvalue weighted by molar-refractivity contribution is -0.119. The number of nitrogens with zero attached hydrogens (tertiary/aromatic N) is 1. The van der Waals surface area contributed by atoms with Gasteiger partial charge in [-0.1, -0.05) is 6.07 Å². The maximum atomic E-state index is 13.3. The summed E-state index contributed by atoms with van der Waals surface area (Å²) in [5, 5.41) is 0. The Labute approximate surface area is 100 Å². The van der Waals surface area contributed by atoms with Gasteiger partial charge in [0.2, 0.25) is 5.91 Å². The fourth-order valence-electron chi connectivity index (χ4n) is 1.52. The van der Waals surface area contributed by atoms with Crippen LogP contribution in [-0.4, -0.2) is 23.4 Å². The number of nitrogens with two attached hydrogens (primary N) is 2. The van der Waals surface area contributed by atoms with E-state index >= 15 is 0 Å². The number of halogens is 1. The van der Waals surface area contributed by atoms with E-state index in [0.717, 1.165) is 5.56 Å². The van der Waals surface area contributed by atoms with E-state index in [0.29, 0.717) is 6.54 Å². The van der Waals surface area contributed by atoms with E-state index < -0.39 is 11.7 Å². The van der Waals surface area contributed by atoms with Crippen molar-refractivity contribution in [3.05, 3.63) is 29.6 Å². The van der Waals surface area contributed by atoms with E-state index in [4.69, 9.17) is 11.5 Å². The molecular weight excluding hydrogens is 221 g/mol. The molecule has 94 valence electrons. The van der Waals surface area contributed by atoms with Crippen LogP contribution in [0.1, 0.15) is 19.4 Å². The normalized spacial score (nSPS) is 11.1. The number of carbonyl (C=O) groups excluding carboxylic acids is 1. The number of carbonyl (C=O) groups is 1. The highest BCUT2D eigenvalue weighted by atomic mass is 19.1. The maximum Gasteiger partial charge on any atom is 0.231 e. The van der Waals surface area contributed by atoms with Gasteiger partial charge in [0.25, 0.3) is 0 Å². The molecule has 5 heteroatoms. The number of anilines is 1. The fraction of sp³-hybridized carbons (Fsp3) is 0.417. The molecule has 1 aromatic rings. The van der Waals surface area contributed by atoms with Gasteiger partial charge < -0.3 is 11.5 Å². The second-order valence-corrected chi connectivity index (χ2v) is 4.32. The van der Waals surface area contributed by atoms with Crippen LogP contribution in [0.2, 0.25) is 0 Å². The van der Waals surface area contributed by atoms with Crippen molar-refractivity contribution in [3.63, 3.8) is 0 Å². The summed E-state index contributed by atoms with van der Waals surface area (Å²) < 4.78 is 13.3. The molecule has 0 unspecified atom stereocenters. The van der Waals surface area contributed by atoms with Crippen molar-refractivity contribution >= 4 is 11.6 Å². The molecule has 1 rings (SSSR count). The van der Waals surface area contributed by atoms with Gasteiger partial charge in [0, 0.05) is 12.6 Å². The first kappa shape index (κ1) is 13.4. The predicted octanol–water partition coefficient (Wildman–Crippen LogP) is 1.10. The Kier molecular flexibility index (Phi) is 4.45. The lowest BCUT2D eigenvalue weighted by atomic mass is 10.1. The predicted molar refractivity (Wildman–Crippen MR) is 65.6 cm³/mol. The van der Waals surface area contributed by atoms with Crippen LogP contribution in [0.5, 0.6) is 0 Å². The van der Waals surface area contributed by atoms with Crippen molar-refractivity contribution in [2.45, 2.75) is 26.4 Å². The number of nitrogen functional groups attached to an aromatic ring is 1. The highest BCUT2D eigenvalue weighted by Gasteiger charge is 2.13. The first-order chi connectivity index (χ1) is 7.90. The van der Waals surface area contributed by atoms with Gasteiger partial charge in [0.1, 0.15) is 5.82 Å². The van der Waals surface area contributed by atoms with Gasteiger partial charge in [-0.3, -0.25) is 9.69 Å². The van der Waals surface area contributed by atoms with Gasteiger partial charge in [-0.25, -0.2) is 4.39 Å². The minimum absolute atomic E-state index is 0.125. The van der Waals surface area contributed by atoms with Gasteiger partial charge in [0.05, 0.1) is 12.2 Å². The highest BCUT2D eigenvalue weighted by Crippen LogP contribution is 2.14. The largest absolute Gasteiger partial charge is 0.396 e. The fourth-order valence-corrected chi connectivity index (χ4v) is 1.52. The Balaban J connectivity index is 2.78. The van der Waals surface area contributed by atoms with Crippen molar-refractivity contribution in [3.8, 4) is 0 Å². The first-order valence-electron chi connectivity index (χ1n) is 5.46. The monoisotopic (exact) mass is 239 g/mol. The van der Waals surface area contributed by atoms with Crippen LogP contribution < -0.4 is 11.5 Å². The van der Waals surface area contributed by atoms with Crippen LogP contribution in [0.25, 0.3) is 0 Å². The average molecular weight is 239 g/mol. The number of hydrogen-bond acceptors (Lipinski definition) is 3. The Morgan fingerprint density at radius 3 is 2.59 bits per heavy atom. The summed E-state index contributed by atoms with van der Waals surface area (Å²) in [6.45, 7) is 4.54. The lowest BCUT2D eigenvalue weighted by Crippen LogP contribution is -2.37. The number of primary amides is 1. The summed E-state index contributed by atoms with van der Waals surface area (Å²) in [5.74, 6) is -0.833. The van der Waals surface area contributed by atoms with Crippen molar-refractivity contribution in [1.82, 2.24) is 4.90 Å². The van der Waals surface area contributed by atoms with E-state index in [1.54, 1.807) is 6.07 Å². The minimum atomic E-state index is -0.440. The van der Waals surface area contributed by atoms with Crippen molar-refractivity contribution in [2.24, 2.45) is 5.73 Å². The molecule has 0 bridgehead atoms. The number of hydrogen-bond donors (Lipinski definition) is 2. The van der Waals surface area contributed by atoms with Crippen LogP contribution in [0, 0.1) is 5.82 Å². The van der Waals surface area contributed by atoms with Crippen LogP contribution >= 0.6 is 0 Å². The molecule has 0 saturated carbocycles. The summed E-state index contributed by atoms with van der Waals surface area (Å²) in [6.07, 6.45) is 0. The van der Waals surface area contributed by atoms with Crippen LogP contribution in [-0.2, 0) is 11.3 Å². The summed E-state index contributed by atoms with van der Waals surface area (Å²) in [5.41, 5.74) is 11.5. The van der Waals surface area contributed by atoms with E-state index in [-0.39, 0.29) is 18.3 Å². The van der Waals surface area contributed by atoms with Crippen molar-refractivity contribution in [2.75, 3.05) is 12.3 Å². The second-order valence-electron chi connectivity index (χ2n) is 4.32. The van der Waals surface area contributed by atoms with Crippen LogP contribution in [0.15, 0.2) is 18.2 Å². The summed E-state index contributed by atoms with van der Waals surface area (Å²) in [6, 6.07) is 4.80. The smallest absolute Gasteiger partial charge is 0.231 e. The van der Waals surface area contributed by atoms with E-state index in [1.165, 1.54) is 12.1 Å². The molecule has 0 fully saturated rings. The molecule has 0 aliphatic carbocycles. The summed E-state index contributed by atoms with van der Waals surface area (Å²) in [7, 11) is 0. The molecular formula is C12H18FN3O. The Hall–Kier alpha value is -1.62. The van der Waals surface area contributed by atoms with Gasteiger partial charge in [-0.2, -0.15) is 0 Å². The molecule has 17 heavy (non-hydrogen) atoms. The Morgan fingerprint density at radius 1 is 1.47 bits per heavy atom. The van der Waals surface area contributed by atoms with Gasteiger partial charge in [-0.15, -0.1) is 0 Å². The van der Waals surface area contributed by atoms with Gasteiger partial charge >= 0.3 is 0 Å². The molecule has 4 N–H and O–H groups in total. The van der Waals surface area contributed by atoms with E-state index in [9.17, 15) is 9.18 Å². The zero-order chi connectivity index (χ0) is 13.0. The van der Waals surface area contributed by atoms with E-state index in [2.05, 4.69) is 0 Å². The summed E-state index contributed by atoms with van der Waals surface area (Å²) in [4.78, 5) is 12.8. The summed E-state index contributed by atoms with van der Waals surface area (Å²) >= 11 is 0. The lowest BCUT2D eigenvalue weighted by Gasteiger charge is -2.25. The Morgan fingerprint density at radius 2 is 2.12 bits per heavy atom. The number of amides is 1. The average Bonchev–Trinajstić information content (AvgIpc) is 2.21. The number of benzene rings is 1. The van der Waals surface area contributed by atoms with Gasteiger partial charge in [0.15, 0.2) is 0 Å². The third-order valence-electron chi connectivity index (χ3n) is 2.54. The third-order valence-corrected chi connectivity index (χ3v) is 2.54. The zero-order valence-electron chi connectivity index (χ0n) is 10.1. The SMILES string of the molecule is CC(C)N(CC(N)=O)Cc1ccc(N)c(F)c1. The quantitative estimate of drug-likeness (QED) is 0.756. The molecule has 0 aliphatic rings. The molecule has 1 amide bonds. The van der Waals surface area contributed by atoms with Gasteiger partial charge in [-0.05, 0) is 31.5 Å². The van der Waals surface area contributed by atoms with Crippen molar-refractivity contribution in [1.29, 1.82) is 0 Å². The van der Waals surface area contributed by atoms with Crippen LogP contribution in [0.3, 0.4) is 0 Å². The standard InChI is InChI=1S/C12H18FN3O/c1-8(2)16(7-12(15)17)6-9-3-4-11(14)10(13)5-9/h3-5,8H,6-7,14H2,1-2H3,(H2,15,17). The highest BCUT2D eigenvalue weighted by molar-refractivity contribution is 5.75. The first-order valence-corrected chi connectivity index (χ1v) is 5.46. The zero-order valence-corrected chi connectivity index (χ0v) is 10.1. The molecule has 0 aliphatic heterocycles. The van der Waals surface area contributed by atoms with Crippen molar-refractivity contribution < 1.29 is 9.18 Å². The maximum absolute atomic E-state index is 13.3. The molecule has 4 nitrogen and oxygen atoms in total. The topological polar surface area (TPSA) is 72.3 Å². The third kappa shape index (κ3) is 4.03. The molecule has 0 aromatic heterocycles. The molecule has 1 aromatic carbocycles. The second kappa shape index (κ2) is 5.63. The molecule has 0 spiro atoms. The van der Waals surface area contributed by atoms with E-state index in [1.807, 2.05) is 18.7 Å². The molecule has 0 radical (unpaired) electrons. The molecule has 0 atom stereocenters. The molecule has 0 saturated heterocycles.